The molecule has 0 bridgehead atoms. The van der Waals surface area contributed by atoms with Crippen molar-refractivity contribution in [2.24, 2.45) is 7.05 Å². The van der Waals surface area contributed by atoms with Gasteiger partial charge in [-0.1, -0.05) is 15.9 Å². The summed E-state index contributed by atoms with van der Waals surface area (Å²) >= 11 is 3.40. The van der Waals surface area contributed by atoms with Gasteiger partial charge in [0, 0.05) is 17.1 Å². The van der Waals surface area contributed by atoms with Crippen LogP contribution in [0.1, 0.15) is 18.4 Å². The Morgan fingerprint density at radius 2 is 2.12 bits per heavy atom. The number of nitriles is 1. The van der Waals surface area contributed by atoms with E-state index in [4.69, 9.17) is 5.26 Å². The summed E-state index contributed by atoms with van der Waals surface area (Å²) in [4.78, 5) is 12.1. The van der Waals surface area contributed by atoms with E-state index in [0.717, 1.165) is 15.4 Å². The molecule has 86 valence electrons. The molecule has 0 saturated carbocycles. The van der Waals surface area contributed by atoms with Gasteiger partial charge in [0.2, 0.25) is 0 Å². The standard InChI is InChI=1S/C13H11BrN2O/c1-8(7-15)11-6-9-5-10(14)3-4-12(9)16(2)13(11)17/h3-6,8H,1-2H3. The van der Waals surface area contributed by atoms with Crippen LogP contribution in [0.25, 0.3) is 10.9 Å². The zero-order valence-electron chi connectivity index (χ0n) is 9.57. The molecule has 1 unspecified atom stereocenters. The van der Waals surface area contributed by atoms with Gasteiger partial charge in [-0.05, 0) is 36.6 Å². The van der Waals surface area contributed by atoms with Crippen molar-refractivity contribution in [1.82, 2.24) is 4.57 Å². The van der Waals surface area contributed by atoms with E-state index in [2.05, 4.69) is 22.0 Å². The molecule has 1 atom stereocenters. The molecule has 2 aromatic rings. The molecule has 0 amide bonds. The molecule has 0 N–H and O–H groups in total. The van der Waals surface area contributed by atoms with Gasteiger partial charge in [0.25, 0.3) is 5.56 Å². The highest BCUT2D eigenvalue weighted by Gasteiger charge is 2.12. The number of fused-ring (bicyclic) bond motifs is 1. The molecule has 0 fully saturated rings. The summed E-state index contributed by atoms with van der Waals surface area (Å²) in [6, 6.07) is 9.64. The van der Waals surface area contributed by atoms with E-state index in [0.29, 0.717) is 5.56 Å². The number of benzene rings is 1. The number of hydrogen-bond acceptors (Lipinski definition) is 2. The van der Waals surface area contributed by atoms with Crippen LogP contribution >= 0.6 is 15.9 Å². The number of aryl methyl sites for hydroxylation is 1. The summed E-state index contributed by atoms with van der Waals surface area (Å²) in [6.45, 7) is 1.74. The first-order valence-electron chi connectivity index (χ1n) is 5.23. The number of rotatable bonds is 1. The molecule has 0 spiro atoms. The van der Waals surface area contributed by atoms with E-state index >= 15 is 0 Å². The summed E-state index contributed by atoms with van der Waals surface area (Å²) in [5.74, 6) is -0.392. The van der Waals surface area contributed by atoms with Gasteiger partial charge in [-0.3, -0.25) is 4.79 Å². The van der Waals surface area contributed by atoms with Crippen molar-refractivity contribution < 1.29 is 0 Å². The third-order valence-electron chi connectivity index (χ3n) is 2.87. The van der Waals surface area contributed by atoms with Crippen LogP contribution in [0.3, 0.4) is 0 Å². The maximum absolute atomic E-state index is 12.1. The van der Waals surface area contributed by atoms with Gasteiger partial charge >= 0.3 is 0 Å². The van der Waals surface area contributed by atoms with Crippen LogP contribution in [0.5, 0.6) is 0 Å². The second-order valence-corrected chi connectivity index (χ2v) is 4.93. The molecular weight excluding hydrogens is 280 g/mol. The average Bonchev–Trinajstić information content (AvgIpc) is 2.32. The molecule has 0 aliphatic carbocycles. The van der Waals surface area contributed by atoms with Crippen molar-refractivity contribution in [3.05, 3.63) is 44.7 Å². The Kier molecular flexibility index (Phi) is 3.03. The highest BCUT2D eigenvalue weighted by molar-refractivity contribution is 9.10. The highest BCUT2D eigenvalue weighted by Crippen LogP contribution is 2.21. The average molecular weight is 291 g/mol. The summed E-state index contributed by atoms with van der Waals surface area (Å²) in [7, 11) is 1.73. The Labute approximate surface area is 107 Å². The molecule has 3 nitrogen and oxygen atoms in total. The van der Waals surface area contributed by atoms with Crippen molar-refractivity contribution >= 4 is 26.8 Å². The van der Waals surface area contributed by atoms with Crippen LogP contribution in [0.15, 0.2) is 33.5 Å². The first kappa shape index (κ1) is 11.9. The summed E-state index contributed by atoms with van der Waals surface area (Å²) in [5.41, 5.74) is 1.31. The van der Waals surface area contributed by atoms with Crippen molar-refractivity contribution in [2.45, 2.75) is 12.8 Å². The van der Waals surface area contributed by atoms with Crippen molar-refractivity contribution in [2.75, 3.05) is 0 Å². The van der Waals surface area contributed by atoms with Crippen LogP contribution in [0, 0.1) is 11.3 Å². The zero-order chi connectivity index (χ0) is 12.6. The second-order valence-electron chi connectivity index (χ2n) is 4.02. The molecule has 0 saturated heterocycles. The lowest BCUT2D eigenvalue weighted by molar-refractivity contribution is 0.850. The minimum Gasteiger partial charge on any atom is -0.311 e. The highest BCUT2D eigenvalue weighted by atomic mass is 79.9. The Bertz CT molecular complexity index is 682. The summed E-state index contributed by atoms with van der Waals surface area (Å²) < 4.78 is 2.55. The number of nitrogens with zero attached hydrogens (tertiary/aromatic N) is 2. The van der Waals surface area contributed by atoms with Gasteiger partial charge in [0.1, 0.15) is 0 Å². The maximum Gasteiger partial charge on any atom is 0.255 e. The number of halogens is 1. The van der Waals surface area contributed by atoms with Crippen LogP contribution in [0.2, 0.25) is 0 Å². The number of hydrogen-bond donors (Lipinski definition) is 0. The molecule has 17 heavy (non-hydrogen) atoms. The number of pyridine rings is 1. The van der Waals surface area contributed by atoms with E-state index in [1.54, 1.807) is 24.6 Å². The maximum atomic E-state index is 12.1. The van der Waals surface area contributed by atoms with E-state index in [9.17, 15) is 4.79 Å². The van der Waals surface area contributed by atoms with Crippen LogP contribution < -0.4 is 5.56 Å². The molecule has 1 heterocycles. The topological polar surface area (TPSA) is 45.8 Å². The molecule has 1 aromatic carbocycles. The molecular formula is C13H11BrN2O. The smallest absolute Gasteiger partial charge is 0.255 e. The Morgan fingerprint density at radius 3 is 2.76 bits per heavy atom. The quantitative estimate of drug-likeness (QED) is 0.811. The molecule has 1 aromatic heterocycles. The normalized spacial score (nSPS) is 12.4. The van der Waals surface area contributed by atoms with Gasteiger partial charge in [0.05, 0.1) is 17.5 Å². The first-order valence-corrected chi connectivity index (χ1v) is 6.02. The zero-order valence-corrected chi connectivity index (χ0v) is 11.2. The van der Waals surface area contributed by atoms with Crippen LogP contribution in [-0.4, -0.2) is 4.57 Å². The van der Waals surface area contributed by atoms with E-state index in [1.807, 2.05) is 18.2 Å². The van der Waals surface area contributed by atoms with E-state index < -0.39 is 5.92 Å². The largest absolute Gasteiger partial charge is 0.311 e. The summed E-state index contributed by atoms with van der Waals surface area (Å²) in [5, 5.41) is 9.88. The fourth-order valence-electron chi connectivity index (χ4n) is 1.86. The SMILES string of the molecule is CC(C#N)c1cc2cc(Br)ccc2n(C)c1=O. The molecule has 2 rings (SSSR count). The lowest BCUT2D eigenvalue weighted by Gasteiger charge is -2.10. The molecule has 0 radical (unpaired) electrons. The molecule has 4 heteroatoms. The fraction of sp³-hybridized carbons (Fsp3) is 0.231. The molecule has 0 aliphatic heterocycles. The monoisotopic (exact) mass is 290 g/mol. The Morgan fingerprint density at radius 1 is 1.41 bits per heavy atom. The summed E-state index contributed by atoms with van der Waals surface area (Å²) in [6.07, 6.45) is 0. The third-order valence-corrected chi connectivity index (χ3v) is 3.37. The van der Waals surface area contributed by atoms with Gasteiger partial charge in [0.15, 0.2) is 0 Å². The predicted molar refractivity (Wildman–Crippen MR) is 70.9 cm³/mol. The third kappa shape index (κ3) is 1.98. The van der Waals surface area contributed by atoms with E-state index in [1.165, 1.54) is 0 Å². The van der Waals surface area contributed by atoms with E-state index in [-0.39, 0.29) is 5.56 Å². The minimum atomic E-state index is -0.392. The van der Waals surface area contributed by atoms with Crippen molar-refractivity contribution in [3.8, 4) is 6.07 Å². The predicted octanol–water partition coefficient (Wildman–Crippen LogP) is 2.93. The second kappa shape index (κ2) is 4.34. The molecule has 0 aliphatic rings. The van der Waals surface area contributed by atoms with Crippen LogP contribution in [0.4, 0.5) is 0 Å². The van der Waals surface area contributed by atoms with Gasteiger partial charge in [-0.25, -0.2) is 0 Å². The number of aromatic nitrogens is 1. The van der Waals surface area contributed by atoms with Crippen LogP contribution in [-0.2, 0) is 7.05 Å². The Hall–Kier alpha value is -1.60. The fourth-order valence-corrected chi connectivity index (χ4v) is 2.24. The van der Waals surface area contributed by atoms with Gasteiger partial charge in [-0.15, -0.1) is 0 Å². The van der Waals surface area contributed by atoms with Gasteiger partial charge in [-0.2, -0.15) is 5.26 Å². The van der Waals surface area contributed by atoms with Gasteiger partial charge < -0.3 is 4.57 Å². The minimum absolute atomic E-state index is 0.103. The lowest BCUT2D eigenvalue weighted by atomic mass is 10.0. The lowest BCUT2D eigenvalue weighted by Crippen LogP contribution is -2.22. The Balaban J connectivity index is 2.86. The first-order chi connectivity index (χ1) is 8.04. The van der Waals surface area contributed by atoms with Crippen molar-refractivity contribution in [3.63, 3.8) is 0 Å². The van der Waals surface area contributed by atoms with Crippen molar-refractivity contribution in [1.29, 1.82) is 5.26 Å².